The average molecular weight is 499 g/mol. The molecular formula is C26H24ClFN2O5. The molecule has 9 heteroatoms. The molecular weight excluding hydrogens is 475 g/mol. The molecule has 1 aliphatic heterocycles. The fraction of sp³-hybridized carbons (Fsp3) is 0.308. The van der Waals surface area contributed by atoms with Gasteiger partial charge in [-0.3, -0.25) is 9.59 Å². The molecule has 1 N–H and O–H groups in total. The smallest absolute Gasteiger partial charge is 0.336 e. The van der Waals surface area contributed by atoms with Crippen molar-refractivity contribution in [2.45, 2.75) is 25.2 Å². The summed E-state index contributed by atoms with van der Waals surface area (Å²) in [4.78, 5) is 50.9. The fourth-order valence-electron chi connectivity index (χ4n) is 4.58. The number of fused-ring (bicyclic) bond motifs is 1. The van der Waals surface area contributed by atoms with Crippen molar-refractivity contribution in [2.75, 3.05) is 20.1 Å². The van der Waals surface area contributed by atoms with E-state index in [1.807, 2.05) is 0 Å². The van der Waals surface area contributed by atoms with Crippen molar-refractivity contribution in [3.63, 3.8) is 0 Å². The van der Waals surface area contributed by atoms with Crippen LogP contribution in [0.1, 0.15) is 30.7 Å². The van der Waals surface area contributed by atoms with Crippen LogP contribution in [0.2, 0.25) is 5.02 Å². The van der Waals surface area contributed by atoms with Crippen molar-refractivity contribution in [1.82, 2.24) is 10.2 Å². The van der Waals surface area contributed by atoms with Gasteiger partial charge >= 0.3 is 5.63 Å². The summed E-state index contributed by atoms with van der Waals surface area (Å²) in [7, 11) is 1.57. The van der Waals surface area contributed by atoms with E-state index in [4.69, 9.17) is 16.0 Å². The second kappa shape index (κ2) is 10.4. The summed E-state index contributed by atoms with van der Waals surface area (Å²) in [5, 5.41) is 3.27. The van der Waals surface area contributed by atoms with Crippen LogP contribution in [0.25, 0.3) is 22.1 Å². The van der Waals surface area contributed by atoms with Crippen molar-refractivity contribution >= 4 is 40.7 Å². The van der Waals surface area contributed by atoms with E-state index in [0.717, 1.165) is 18.9 Å². The Kier molecular flexibility index (Phi) is 7.31. The molecule has 0 radical (unpaired) electrons. The lowest BCUT2D eigenvalue weighted by molar-refractivity contribution is -0.137. The Bertz CT molecular complexity index is 1360. The van der Waals surface area contributed by atoms with E-state index in [0.29, 0.717) is 47.9 Å². The van der Waals surface area contributed by atoms with Crippen molar-refractivity contribution < 1.29 is 23.2 Å². The van der Waals surface area contributed by atoms with E-state index in [1.54, 1.807) is 24.1 Å². The van der Waals surface area contributed by atoms with Crippen LogP contribution in [-0.2, 0) is 14.4 Å². The molecule has 3 aromatic rings. The Labute approximate surface area is 205 Å². The predicted molar refractivity (Wildman–Crippen MR) is 130 cm³/mol. The van der Waals surface area contributed by atoms with Crippen LogP contribution in [0, 0.1) is 11.7 Å². The first kappa shape index (κ1) is 24.6. The van der Waals surface area contributed by atoms with Gasteiger partial charge in [-0.2, -0.15) is 0 Å². The summed E-state index contributed by atoms with van der Waals surface area (Å²) >= 11 is 6.21. The fourth-order valence-corrected chi connectivity index (χ4v) is 4.84. The zero-order valence-corrected chi connectivity index (χ0v) is 19.8. The van der Waals surface area contributed by atoms with Gasteiger partial charge in [0, 0.05) is 49.1 Å². The molecule has 4 rings (SSSR count). The Balaban J connectivity index is 1.66. The van der Waals surface area contributed by atoms with Crippen molar-refractivity contribution in [3.8, 4) is 11.1 Å². The molecule has 2 heterocycles. The van der Waals surface area contributed by atoms with Gasteiger partial charge in [-0.1, -0.05) is 23.7 Å². The molecule has 7 nitrogen and oxygen atoms in total. The second-order valence-corrected chi connectivity index (χ2v) is 9.05. The number of carbonyl (C=O) groups is 3. The number of halogens is 2. The summed E-state index contributed by atoms with van der Waals surface area (Å²) in [6, 6.07) is 9.92. The van der Waals surface area contributed by atoms with Gasteiger partial charge in [-0.15, -0.1) is 0 Å². The molecule has 0 unspecified atom stereocenters. The number of hydrogen-bond donors (Lipinski definition) is 1. The number of benzene rings is 2. The number of piperidine rings is 1. The lowest BCUT2D eigenvalue weighted by Crippen LogP contribution is -2.43. The molecule has 2 aromatic carbocycles. The highest BCUT2D eigenvalue weighted by Gasteiger charge is 2.31. The van der Waals surface area contributed by atoms with E-state index < -0.39 is 17.4 Å². The Morgan fingerprint density at radius 1 is 1.23 bits per heavy atom. The van der Waals surface area contributed by atoms with Gasteiger partial charge in [0.2, 0.25) is 11.8 Å². The number of aldehydes is 1. The van der Waals surface area contributed by atoms with Gasteiger partial charge in [0.1, 0.15) is 23.6 Å². The summed E-state index contributed by atoms with van der Waals surface area (Å²) in [6.07, 6.45) is 2.47. The second-order valence-electron chi connectivity index (χ2n) is 8.64. The van der Waals surface area contributed by atoms with Gasteiger partial charge in [-0.25, -0.2) is 9.18 Å². The van der Waals surface area contributed by atoms with Crippen LogP contribution in [-0.4, -0.2) is 43.1 Å². The number of nitrogens with zero attached hydrogens (tertiary/aromatic N) is 1. The minimum atomic E-state index is -1.08. The lowest BCUT2D eigenvalue weighted by Gasteiger charge is -2.34. The lowest BCUT2D eigenvalue weighted by atomic mass is 9.91. The van der Waals surface area contributed by atoms with Gasteiger partial charge < -0.3 is 19.4 Å². The maximum absolute atomic E-state index is 13.5. The van der Waals surface area contributed by atoms with E-state index in [9.17, 15) is 23.6 Å². The maximum Gasteiger partial charge on any atom is 0.336 e. The third kappa shape index (κ3) is 5.27. The standard InChI is InChI=1S/C26H24ClFN2O5/c1-29-24(32)9-15-3-2-8-30(13-15)26(34)21(14-31)16-4-6-19-20(12-25(33)35-23(19)10-16)18-7-5-17(28)11-22(18)27/h4-7,10-12,14-15,21H,2-3,8-9,13H2,1H3,(H,29,32)/t15-,21+/m1/s1. The van der Waals surface area contributed by atoms with Crippen LogP contribution < -0.4 is 10.9 Å². The van der Waals surface area contributed by atoms with Crippen LogP contribution >= 0.6 is 11.6 Å². The third-order valence-electron chi connectivity index (χ3n) is 6.33. The molecule has 2 atom stereocenters. The summed E-state index contributed by atoms with van der Waals surface area (Å²) in [6.45, 7) is 0.899. The Morgan fingerprint density at radius 2 is 2.03 bits per heavy atom. The summed E-state index contributed by atoms with van der Waals surface area (Å²) in [5.74, 6) is -2.01. The van der Waals surface area contributed by atoms with Gasteiger partial charge in [0.05, 0.1) is 5.02 Å². The third-order valence-corrected chi connectivity index (χ3v) is 6.65. The highest BCUT2D eigenvalue weighted by molar-refractivity contribution is 6.33. The molecule has 1 fully saturated rings. The van der Waals surface area contributed by atoms with Crippen molar-refractivity contribution in [3.05, 3.63) is 69.3 Å². The molecule has 2 amide bonds. The molecule has 0 aliphatic carbocycles. The van der Waals surface area contributed by atoms with Crippen LogP contribution in [0.3, 0.4) is 0 Å². The topological polar surface area (TPSA) is 96.7 Å². The monoisotopic (exact) mass is 498 g/mol. The normalized spacial score (nSPS) is 16.7. The molecule has 1 aliphatic rings. The highest BCUT2D eigenvalue weighted by Crippen LogP contribution is 2.34. The molecule has 182 valence electrons. The molecule has 1 aromatic heterocycles. The zero-order chi connectivity index (χ0) is 25.1. The minimum Gasteiger partial charge on any atom is -0.423 e. The van der Waals surface area contributed by atoms with E-state index in [1.165, 1.54) is 24.3 Å². The first-order valence-corrected chi connectivity index (χ1v) is 11.7. The van der Waals surface area contributed by atoms with E-state index in [2.05, 4.69) is 5.32 Å². The van der Waals surface area contributed by atoms with Crippen molar-refractivity contribution in [2.24, 2.45) is 5.92 Å². The Morgan fingerprint density at radius 3 is 2.74 bits per heavy atom. The number of nitrogens with one attached hydrogen (secondary N) is 1. The van der Waals surface area contributed by atoms with Crippen LogP contribution in [0.5, 0.6) is 0 Å². The molecule has 0 saturated carbocycles. The van der Waals surface area contributed by atoms with Gasteiger partial charge in [-0.05, 0) is 48.6 Å². The summed E-state index contributed by atoms with van der Waals surface area (Å²) < 4.78 is 18.9. The number of likely N-dealkylation sites (tertiary alicyclic amines) is 1. The average Bonchev–Trinajstić information content (AvgIpc) is 2.84. The first-order valence-electron chi connectivity index (χ1n) is 11.3. The SMILES string of the molecule is CNC(=O)C[C@H]1CCCN(C(=O)[C@@H](C=O)c2ccc3c(-c4ccc(F)cc4Cl)cc(=O)oc3c2)C1. The highest BCUT2D eigenvalue weighted by atomic mass is 35.5. The minimum absolute atomic E-state index is 0.0255. The van der Waals surface area contributed by atoms with Crippen LogP contribution in [0.4, 0.5) is 4.39 Å². The summed E-state index contributed by atoms with van der Waals surface area (Å²) in [5.41, 5.74) is 0.830. The number of hydrogen-bond acceptors (Lipinski definition) is 5. The zero-order valence-electron chi connectivity index (χ0n) is 19.1. The molecule has 35 heavy (non-hydrogen) atoms. The van der Waals surface area contributed by atoms with E-state index in [-0.39, 0.29) is 28.3 Å². The van der Waals surface area contributed by atoms with Gasteiger partial charge in [0.25, 0.3) is 0 Å². The quantitative estimate of drug-likeness (QED) is 0.316. The Hall–Kier alpha value is -3.52. The van der Waals surface area contributed by atoms with Crippen molar-refractivity contribution in [1.29, 1.82) is 0 Å². The number of carbonyl (C=O) groups excluding carboxylic acids is 3. The van der Waals surface area contributed by atoms with Crippen LogP contribution in [0.15, 0.2) is 51.7 Å². The largest absolute Gasteiger partial charge is 0.423 e. The van der Waals surface area contributed by atoms with Gasteiger partial charge in [0.15, 0.2) is 0 Å². The molecule has 0 bridgehead atoms. The number of rotatable bonds is 6. The van der Waals surface area contributed by atoms with E-state index >= 15 is 0 Å². The number of amides is 2. The molecule has 0 spiro atoms. The predicted octanol–water partition coefficient (Wildman–Crippen LogP) is 3.91. The molecule has 1 saturated heterocycles. The maximum atomic E-state index is 13.5. The first-order chi connectivity index (χ1) is 16.8.